The third-order valence-electron chi connectivity index (χ3n) is 4.06. The number of urea groups is 1. The fourth-order valence-electron chi connectivity index (χ4n) is 2.95. The fourth-order valence-corrected chi connectivity index (χ4v) is 2.95. The molecule has 132 valence electrons. The van der Waals surface area contributed by atoms with Crippen LogP contribution in [0.15, 0.2) is 24.5 Å². The second kappa shape index (κ2) is 6.92. The van der Waals surface area contributed by atoms with Crippen molar-refractivity contribution in [3.05, 3.63) is 35.9 Å². The van der Waals surface area contributed by atoms with Gasteiger partial charge in [0.1, 0.15) is 12.2 Å². The number of benzene rings is 1. The zero-order valence-corrected chi connectivity index (χ0v) is 14.5. The lowest BCUT2D eigenvalue weighted by molar-refractivity contribution is -0.115. The molecule has 1 unspecified atom stereocenters. The summed E-state index contributed by atoms with van der Waals surface area (Å²) in [6, 6.07) is 4.83. The highest BCUT2D eigenvalue weighted by molar-refractivity contribution is 6.00. The number of hydrogen-bond donors (Lipinski definition) is 3. The molecule has 0 fully saturated rings. The van der Waals surface area contributed by atoms with Crippen molar-refractivity contribution in [3.8, 4) is 0 Å². The van der Waals surface area contributed by atoms with E-state index in [9.17, 15) is 9.59 Å². The van der Waals surface area contributed by atoms with Gasteiger partial charge in [0.25, 0.3) is 0 Å². The van der Waals surface area contributed by atoms with Crippen molar-refractivity contribution < 1.29 is 9.59 Å². The summed E-state index contributed by atoms with van der Waals surface area (Å²) in [4.78, 5) is 28.1. The zero-order valence-electron chi connectivity index (χ0n) is 14.5. The normalized spacial score (nSPS) is 14.2. The standard InChI is InChI=1S/C17H22N6O2/c1-10(2)6-14(16-18-9-19-23(16)3)22-17(25)20-12-4-5-13-11(7-12)8-15(24)21-13/h4-5,7,9-10,14H,6,8H2,1-3H3,(H,21,24)(H2,20,22,25). The minimum Gasteiger partial charge on any atom is -0.328 e. The first-order chi connectivity index (χ1) is 11.9. The quantitative estimate of drug-likeness (QED) is 0.775. The molecule has 0 aliphatic carbocycles. The van der Waals surface area contributed by atoms with Crippen LogP contribution in [0.4, 0.5) is 16.2 Å². The predicted molar refractivity (Wildman–Crippen MR) is 94.1 cm³/mol. The molecule has 2 heterocycles. The van der Waals surface area contributed by atoms with E-state index in [1.54, 1.807) is 23.9 Å². The van der Waals surface area contributed by atoms with Crippen LogP contribution in [0.5, 0.6) is 0 Å². The van der Waals surface area contributed by atoms with E-state index in [1.807, 2.05) is 6.07 Å². The lowest BCUT2D eigenvalue weighted by Crippen LogP contribution is -2.34. The first-order valence-electron chi connectivity index (χ1n) is 8.26. The summed E-state index contributed by atoms with van der Waals surface area (Å²) >= 11 is 0. The van der Waals surface area contributed by atoms with Gasteiger partial charge in [-0.2, -0.15) is 5.10 Å². The van der Waals surface area contributed by atoms with Gasteiger partial charge in [-0.05, 0) is 36.1 Å². The summed E-state index contributed by atoms with van der Waals surface area (Å²) in [5.74, 6) is 1.07. The van der Waals surface area contributed by atoms with Gasteiger partial charge in [-0.3, -0.25) is 9.48 Å². The van der Waals surface area contributed by atoms with E-state index in [-0.39, 0.29) is 18.0 Å². The Morgan fingerprint density at radius 3 is 2.88 bits per heavy atom. The van der Waals surface area contributed by atoms with Crippen LogP contribution in [0, 0.1) is 5.92 Å². The van der Waals surface area contributed by atoms with Crippen molar-refractivity contribution in [1.82, 2.24) is 20.1 Å². The van der Waals surface area contributed by atoms with Crippen molar-refractivity contribution in [2.45, 2.75) is 32.7 Å². The highest BCUT2D eigenvalue weighted by atomic mass is 16.2. The molecule has 1 aliphatic heterocycles. The molecular weight excluding hydrogens is 320 g/mol. The minimum absolute atomic E-state index is 0.0316. The SMILES string of the molecule is CC(C)CC(NC(=O)Nc1ccc2c(c1)CC(=O)N2)c1ncnn1C. The lowest BCUT2D eigenvalue weighted by Gasteiger charge is -2.20. The Morgan fingerprint density at radius 1 is 1.40 bits per heavy atom. The van der Waals surface area contributed by atoms with E-state index in [4.69, 9.17) is 0 Å². The minimum atomic E-state index is -0.314. The molecule has 0 saturated carbocycles. The van der Waals surface area contributed by atoms with Crippen LogP contribution >= 0.6 is 0 Å². The number of anilines is 2. The van der Waals surface area contributed by atoms with Gasteiger partial charge in [0.05, 0.1) is 12.5 Å². The average Bonchev–Trinajstić information content (AvgIpc) is 3.10. The Kier molecular flexibility index (Phi) is 4.69. The maximum absolute atomic E-state index is 12.4. The Hall–Kier alpha value is -2.90. The predicted octanol–water partition coefficient (Wildman–Crippen LogP) is 2.22. The maximum atomic E-state index is 12.4. The summed E-state index contributed by atoms with van der Waals surface area (Å²) in [7, 11) is 1.81. The van der Waals surface area contributed by atoms with Crippen molar-refractivity contribution in [2.24, 2.45) is 13.0 Å². The number of nitrogens with one attached hydrogen (secondary N) is 3. The van der Waals surface area contributed by atoms with E-state index < -0.39 is 0 Å². The number of hydrogen-bond acceptors (Lipinski definition) is 4. The number of carbonyl (C=O) groups excluding carboxylic acids is 2. The molecule has 3 rings (SSSR count). The molecule has 8 heteroatoms. The molecule has 3 amide bonds. The van der Waals surface area contributed by atoms with Crippen LogP contribution < -0.4 is 16.0 Å². The summed E-state index contributed by atoms with van der Waals surface area (Å²) in [5, 5.41) is 12.6. The third kappa shape index (κ3) is 3.96. The first kappa shape index (κ1) is 16.9. The molecule has 1 aromatic carbocycles. The number of aryl methyl sites for hydroxylation is 1. The van der Waals surface area contributed by atoms with Crippen molar-refractivity contribution in [1.29, 1.82) is 0 Å². The second-order valence-corrected chi connectivity index (χ2v) is 6.62. The molecule has 1 atom stereocenters. The van der Waals surface area contributed by atoms with Crippen molar-refractivity contribution in [3.63, 3.8) is 0 Å². The molecule has 0 radical (unpaired) electrons. The van der Waals surface area contributed by atoms with Crippen LogP contribution in [-0.2, 0) is 18.3 Å². The van der Waals surface area contributed by atoms with Crippen LogP contribution in [-0.4, -0.2) is 26.7 Å². The van der Waals surface area contributed by atoms with Gasteiger partial charge in [0.2, 0.25) is 5.91 Å². The fraction of sp³-hybridized carbons (Fsp3) is 0.412. The number of aromatic nitrogens is 3. The summed E-state index contributed by atoms with van der Waals surface area (Å²) in [6.45, 7) is 4.18. The molecular formula is C17H22N6O2. The number of rotatable bonds is 5. The van der Waals surface area contributed by atoms with Crippen LogP contribution in [0.2, 0.25) is 0 Å². The van der Waals surface area contributed by atoms with Gasteiger partial charge < -0.3 is 16.0 Å². The van der Waals surface area contributed by atoms with Crippen LogP contribution in [0.3, 0.4) is 0 Å². The average molecular weight is 342 g/mol. The number of nitrogens with zero attached hydrogens (tertiary/aromatic N) is 3. The molecule has 2 aromatic rings. The van der Waals surface area contributed by atoms with E-state index in [2.05, 4.69) is 39.9 Å². The molecule has 8 nitrogen and oxygen atoms in total. The van der Waals surface area contributed by atoms with Gasteiger partial charge in [-0.25, -0.2) is 9.78 Å². The van der Waals surface area contributed by atoms with E-state index >= 15 is 0 Å². The van der Waals surface area contributed by atoms with Crippen LogP contribution in [0.1, 0.15) is 37.7 Å². The topological polar surface area (TPSA) is 101 Å². The van der Waals surface area contributed by atoms with Gasteiger partial charge in [0.15, 0.2) is 0 Å². The van der Waals surface area contributed by atoms with Crippen molar-refractivity contribution >= 4 is 23.3 Å². The Bertz CT molecular complexity index is 798. The number of fused-ring (bicyclic) bond motifs is 1. The summed E-state index contributed by atoms with van der Waals surface area (Å²) in [5.41, 5.74) is 2.33. The van der Waals surface area contributed by atoms with E-state index in [1.165, 1.54) is 6.33 Å². The Balaban J connectivity index is 1.69. The van der Waals surface area contributed by atoms with E-state index in [0.717, 1.165) is 17.7 Å². The highest BCUT2D eigenvalue weighted by Gasteiger charge is 2.21. The Labute approximate surface area is 146 Å². The van der Waals surface area contributed by atoms with E-state index in [0.29, 0.717) is 23.9 Å². The highest BCUT2D eigenvalue weighted by Crippen LogP contribution is 2.26. The largest absolute Gasteiger partial charge is 0.328 e. The molecule has 1 aliphatic rings. The maximum Gasteiger partial charge on any atom is 0.319 e. The van der Waals surface area contributed by atoms with Crippen LogP contribution in [0.25, 0.3) is 0 Å². The molecule has 0 bridgehead atoms. The van der Waals surface area contributed by atoms with Crippen molar-refractivity contribution in [2.75, 3.05) is 10.6 Å². The lowest BCUT2D eigenvalue weighted by atomic mass is 10.0. The summed E-state index contributed by atoms with van der Waals surface area (Å²) in [6.07, 6.45) is 2.57. The zero-order chi connectivity index (χ0) is 18.0. The molecule has 0 spiro atoms. The second-order valence-electron chi connectivity index (χ2n) is 6.62. The number of amides is 3. The van der Waals surface area contributed by atoms with Gasteiger partial charge in [-0.1, -0.05) is 13.8 Å². The summed E-state index contributed by atoms with van der Waals surface area (Å²) < 4.78 is 1.67. The molecule has 25 heavy (non-hydrogen) atoms. The van der Waals surface area contributed by atoms with Gasteiger partial charge in [0, 0.05) is 18.4 Å². The first-order valence-corrected chi connectivity index (χ1v) is 8.26. The monoisotopic (exact) mass is 342 g/mol. The molecule has 0 saturated heterocycles. The Morgan fingerprint density at radius 2 is 2.20 bits per heavy atom. The van der Waals surface area contributed by atoms with Gasteiger partial charge in [-0.15, -0.1) is 0 Å². The molecule has 1 aromatic heterocycles. The van der Waals surface area contributed by atoms with Gasteiger partial charge >= 0.3 is 6.03 Å². The smallest absolute Gasteiger partial charge is 0.319 e. The molecule has 3 N–H and O–H groups in total. The third-order valence-corrected chi connectivity index (χ3v) is 4.06. The number of carbonyl (C=O) groups is 2.